The second kappa shape index (κ2) is 4.67. The molecule has 5 heteroatoms. The van der Waals surface area contributed by atoms with Crippen molar-refractivity contribution in [1.82, 2.24) is 5.32 Å². The molecule has 2 rings (SSSR count). The summed E-state index contributed by atoms with van der Waals surface area (Å²) >= 11 is 2.97. The molecule has 1 aliphatic rings. The van der Waals surface area contributed by atoms with Crippen LogP contribution in [0.3, 0.4) is 0 Å². The molecule has 1 aliphatic heterocycles. The quantitative estimate of drug-likeness (QED) is 0.842. The third kappa shape index (κ3) is 2.20. The van der Waals surface area contributed by atoms with Crippen LogP contribution in [0.5, 0.6) is 0 Å². The van der Waals surface area contributed by atoms with Gasteiger partial charge >= 0.3 is 0 Å². The van der Waals surface area contributed by atoms with E-state index in [4.69, 9.17) is 0 Å². The van der Waals surface area contributed by atoms with E-state index in [1.807, 2.05) is 11.9 Å². The Morgan fingerprint density at radius 2 is 2.12 bits per heavy atom. The smallest absolute Gasteiger partial charge is 0.147 e. The fourth-order valence-corrected chi connectivity index (χ4v) is 2.28. The first-order valence-electron chi connectivity index (χ1n) is 5.18. The van der Waals surface area contributed by atoms with E-state index >= 15 is 0 Å². The molecule has 16 heavy (non-hydrogen) atoms. The van der Waals surface area contributed by atoms with E-state index in [-0.39, 0.29) is 10.3 Å². The molecule has 1 N–H and O–H groups in total. The summed E-state index contributed by atoms with van der Waals surface area (Å²) < 4.78 is 27.2. The van der Waals surface area contributed by atoms with Crippen molar-refractivity contribution in [1.29, 1.82) is 0 Å². The standard InChI is InChI=1S/C11H13BrF2N2/c1-15-7-2-3-16(6-7)11-5-9(13)8(12)4-10(11)14/h4-5,7,15H,2-3,6H2,1H3. The van der Waals surface area contributed by atoms with Crippen molar-refractivity contribution < 1.29 is 8.78 Å². The Hall–Kier alpha value is -0.680. The number of nitrogens with one attached hydrogen (secondary N) is 1. The van der Waals surface area contributed by atoms with E-state index in [9.17, 15) is 8.78 Å². The van der Waals surface area contributed by atoms with Crippen molar-refractivity contribution in [2.24, 2.45) is 0 Å². The lowest BCUT2D eigenvalue weighted by molar-refractivity contribution is 0.588. The molecule has 0 bridgehead atoms. The molecule has 1 aromatic carbocycles. The van der Waals surface area contributed by atoms with Crippen molar-refractivity contribution in [2.75, 3.05) is 25.0 Å². The predicted octanol–water partition coefficient (Wildman–Crippen LogP) is 2.53. The first-order valence-corrected chi connectivity index (χ1v) is 5.98. The lowest BCUT2D eigenvalue weighted by Gasteiger charge is -2.19. The van der Waals surface area contributed by atoms with Crippen LogP contribution in [0, 0.1) is 11.6 Å². The van der Waals surface area contributed by atoms with Gasteiger partial charge in [0.05, 0.1) is 10.2 Å². The Morgan fingerprint density at radius 1 is 1.38 bits per heavy atom. The highest BCUT2D eigenvalue weighted by Crippen LogP contribution is 2.28. The highest BCUT2D eigenvalue weighted by molar-refractivity contribution is 9.10. The molecule has 0 saturated carbocycles. The van der Waals surface area contributed by atoms with E-state index in [2.05, 4.69) is 21.2 Å². The predicted molar refractivity (Wildman–Crippen MR) is 63.7 cm³/mol. The SMILES string of the molecule is CNC1CCN(c2cc(F)c(Br)cc2F)C1. The first-order chi connectivity index (χ1) is 7.61. The van der Waals surface area contributed by atoms with Crippen LogP contribution >= 0.6 is 15.9 Å². The van der Waals surface area contributed by atoms with E-state index < -0.39 is 5.82 Å². The van der Waals surface area contributed by atoms with Crippen LogP contribution in [0.1, 0.15) is 6.42 Å². The molecule has 0 radical (unpaired) electrons. The summed E-state index contributed by atoms with van der Waals surface area (Å²) in [6.07, 6.45) is 0.952. The average molecular weight is 291 g/mol. The summed E-state index contributed by atoms with van der Waals surface area (Å²) in [6.45, 7) is 1.47. The van der Waals surface area contributed by atoms with Crippen LogP contribution in [0.25, 0.3) is 0 Å². The molecule has 1 unspecified atom stereocenters. The Morgan fingerprint density at radius 3 is 2.75 bits per heavy atom. The topological polar surface area (TPSA) is 15.3 Å². The van der Waals surface area contributed by atoms with Crippen molar-refractivity contribution in [3.8, 4) is 0 Å². The number of likely N-dealkylation sites (N-methyl/N-ethyl adjacent to an activating group) is 1. The van der Waals surface area contributed by atoms with Gasteiger partial charge in [-0.3, -0.25) is 0 Å². The third-order valence-electron chi connectivity index (χ3n) is 2.93. The summed E-state index contributed by atoms with van der Waals surface area (Å²) in [5.41, 5.74) is 0.346. The fourth-order valence-electron chi connectivity index (χ4n) is 1.97. The Bertz CT molecular complexity index is 398. The molecule has 0 aromatic heterocycles. The van der Waals surface area contributed by atoms with Crippen molar-refractivity contribution in [2.45, 2.75) is 12.5 Å². The summed E-state index contributed by atoms with van der Waals surface area (Å²) in [5.74, 6) is -0.811. The van der Waals surface area contributed by atoms with E-state index in [1.54, 1.807) is 0 Å². The van der Waals surface area contributed by atoms with E-state index in [0.29, 0.717) is 18.3 Å². The summed E-state index contributed by atoms with van der Waals surface area (Å²) in [5, 5.41) is 3.14. The lowest BCUT2D eigenvalue weighted by atomic mass is 10.2. The van der Waals surface area contributed by atoms with Gasteiger partial charge in [-0.05, 0) is 35.5 Å². The minimum Gasteiger partial charge on any atom is -0.367 e. The Kier molecular flexibility index (Phi) is 3.44. The number of rotatable bonds is 2. The maximum atomic E-state index is 13.7. The highest BCUT2D eigenvalue weighted by Gasteiger charge is 2.24. The molecule has 1 fully saturated rings. The van der Waals surface area contributed by atoms with Gasteiger partial charge in [-0.25, -0.2) is 8.78 Å². The maximum Gasteiger partial charge on any atom is 0.147 e. The van der Waals surface area contributed by atoms with Gasteiger partial charge < -0.3 is 10.2 Å². The zero-order valence-corrected chi connectivity index (χ0v) is 10.5. The Balaban J connectivity index is 2.24. The highest BCUT2D eigenvalue weighted by atomic mass is 79.9. The van der Waals surface area contributed by atoms with Crippen LogP contribution in [0.2, 0.25) is 0 Å². The third-order valence-corrected chi connectivity index (χ3v) is 3.53. The summed E-state index contributed by atoms with van der Waals surface area (Å²) in [4.78, 5) is 1.87. The van der Waals surface area contributed by atoms with Gasteiger partial charge in [0.2, 0.25) is 0 Å². The monoisotopic (exact) mass is 290 g/mol. The number of benzene rings is 1. The molecular formula is C11H13BrF2N2. The van der Waals surface area contributed by atoms with Gasteiger partial charge in [0.15, 0.2) is 0 Å². The molecule has 1 atom stereocenters. The summed E-state index contributed by atoms with van der Waals surface area (Å²) in [6, 6.07) is 2.78. The molecule has 1 saturated heterocycles. The van der Waals surface area contributed by atoms with E-state index in [0.717, 1.165) is 13.0 Å². The van der Waals surface area contributed by atoms with Crippen LogP contribution in [0.15, 0.2) is 16.6 Å². The minimum absolute atomic E-state index is 0.165. The van der Waals surface area contributed by atoms with Crippen LogP contribution in [-0.4, -0.2) is 26.2 Å². The van der Waals surface area contributed by atoms with Crippen molar-refractivity contribution >= 4 is 21.6 Å². The molecule has 1 heterocycles. The van der Waals surface area contributed by atoms with Gasteiger partial charge in [0.1, 0.15) is 11.6 Å². The molecule has 88 valence electrons. The largest absolute Gasteiger partial charge is 0.367 e. The Labute approximate surface area is 102 Å². The molecule has 1 aromatic rings. The summed E-state index contributed by atoms with van der Waals surface area (Å²) in [7, 11) is 1.88. The van der Waals surface area contributed by atoms with Crippen molar-refractivity contribution in [3.05, 3.63) is 28.2 Å². The molecule has 2 nitrogen and oxygen atoms in total. The number of nitrogens with zero attached hydrogens (tertiary/aromatic N) is 1. The van der Waals surface area contributed by atoms with Crippen molar-refractivity contribution in [3.63, 3.8) is 0 Å². The van der Waals surface area contributed by atoms with Crippen LogP contribution in [-0.2, 0) is 0 Å². The van der Waals surface area contributed by atoms with Gasteiger partial charge in [-0.2, -0.15) is 0 Å². The van der Waals surface area contributed by atoms with Gasteiger partial charge in [-0.15, -0.1) is 0 Å². The number of hydrogen-bond donors (Lipinski definition) is 1. The fraction of sp³-hybridized carbons (Fsp3) is 0.455. The second-order valence-corrected chi connectivity index (χ2v) is 4.79. The normalized spacial score (nSPS) is 20.5. The van der Waals surface area contributed by atoms with Gasteiger partial charge in [0, 0.05) is 25.2 Å². The van der Waals surface area contributed by atoms with Gasteiger partial charge in [-0.1, -0.05) is 0 Å². The molecule has 0 aliphatic carbocycles. The lowest BCUT2D eigenvalue weighted by Crippen LogP contribution is -2.29. The first kappa shape index (κ1) is 11.8. The molecular weight excluding hydrogens is 278 g/mol. The van der Waals surface area contributed by atoms with E-state index in [1.165, 1.54) is 12.1 Å². The van der Waals surface area contributed by atoms with Crippen LogP contribution in [0.4, 0.5) is 14.5 Å². The molecule has 0 spiro atoms. The average Bonchev–Trinajstić information content (AvgIpc) is 2.71. The number of halogens is 3. The number of hydrogen-bond acceptors (Lipinski definition) is 2. The second-order valence-electron chi connectivity index (χ2n) is 3.94. The zero-order chi connectivity index (χ0) is 11.7. The molecule has 0 amide bonds. The van der Waals surface area contributed by atoms with Crippen LogP contribution < -0.4 is 10.2 Å². The van der Waals surface area contributed by atoms with Gasteiger partial charge in [0.25, 0.3) is 0 Å². The minimum atomic E-state index is -0.427. The zero-order valence-electron chi connectivity index (χ0n) is 8.93. The number of anilines is 1. The maximum absolute atomic E-state index is 13.7.